The van der Waals surface area contributed by atoms with E-state index in [2.05, 4.69) is 47.7 Å². The van der Waals surface area contributed by atoms with Gasteiger partial charge in [-0.05, 0) is 12.3 Å². The standard InChI is InChI=1S/C15H28N4OS/c1-11(2)9-18-6-7-19(10-13(18)5-8-20)15-17-16-14(21-15)12(3)4/h11-13,20H,5-10H2,1-4H3. The van der Waals surface area contributed by atoms with Crippen LogP contribution in [0.15, 0.2) is 0 Å². The molecule has 1 aromatic rings. The number of anilines is 1. The molecule has 0 amide bonds. The summed E-state index contributed by atoms with van der Waals surface area (Å²) in [5.41, 5.74) is 0. The number of rotatable bonds is 6. The highest BCUT2D eigenvalue weighted by molar-refractivity contribution is 7.15. The average molecular weight is 312 g/mol. The monoisotopic (exact) mass is 312 g/mol. The first-order valence-corrected chi connectivity index (χ1v) is 8.76. The maximum absolute atomic E-state index is 9.33. The Labute approximate surface area is 132 Å². The van der Waals surface area contributed by atoms with E-state index < -0.39 is 0 Å². The molecule has 1 fully saturated rings. The molecule has 1 atom stereocenters. The summed E-state index contributed by atoms with van der Waals surface area (Å²) in [7, 11) is 0. The van der Waals surface area contributed by atoms with Gasteiger partial charge in [0.25, 0.3) is 0 Å². The Balaban J connectivity index is 2.03. The third kappa shape index (κ3) is 4.37. The Morgan fingerprint density at radius 2 is 2.00 bits per heavy atom. The Bertz CT molecular complexity index is 435. The van der Waals surface area contributed by atoms with Gasteiger partial charge in [-0.15, -0.1) is 10.2 Å². The fraction of sp³-hybridized carbons (Fsp3) is 0.867. The lowest BCUT2D eigenvalue weighted by molar-refractivity contribution is 0.129. The lowest BCUT2D eigenvalue weighted by atomic mass is 10.1. The minimum Gasteiger partial charge on any atom is -0.396 e. The van der Waals surface area contributed by atoms with Crippen LogP contribution in [0.4, 0.5) is 5.13 Å². The van der Waals surface area contributed by atoms with Crippen LogP contribution < -0.4 is 4.90 Å². The molecule has 1 aromatic heterocycles. The molecule has 2 rings (SSSR count). The molecule has 1 aliphatic heterocycles. The van der Waals surface area contributed by atoms with Crippen LogP contribution in [0.25, 0.3) is 0 Å². The van der Waals surface area contributed by atoms with Gasteiger partial charge in [-0.3, -0.25) is 4.90 Å². The molecule has 5 nitrogen and oxygen atoms in total. The van der Waals surface area contributed by atoms with E-state index in [1.165, 1.54) is 0 Å². The van der Waals surface area contributed by atoms with Gasteiger partial charge in [0.15, 0.2) is 0 Å². The molecule has 0 spiro atoms. The molecule has 0 saturated carbocycles. The van der Waals surface area contributed by atoms with Crippen molar-refractivity contribution in [2.24, 2.45) is 5.92 Å². The second kappa shape index (κ2) is 7.51. The number of hydrogen-bond acceptors (Lipinski definition) is 6. The van der Waals surface area contributed by atoms with E-state index in [4.69, 9.17) is 0 Å². The van der Waals surface area contributed by atoms with E-state index in [-0.39, 0.29) is 6.61 Å². The number of aromatic nitrogens is 2. The summed E-state index contributed by atoms with van der Waals surface area (Å²) >= 11 is 1.71. The summed E-state index contributed by atoms with van der Waals surface area (Å²) in [6, 6.07) is 0.414. The highest BCUT2D eigenvalue weighted by Gasteiger charge is 2.28. The zero-order chi connectivity index (χ0) is 15.4. The van der Waals surface area contributed by atoms with Crippen LogP contribution >= 0.6 is 11.3 Å². The Kier molecular flexibility index (Phi) is 5.96. The first-order valence-electron chi connectivity index (χ1n) is 7.94. The Morgan fingerprint density at radius 1 is 1.24 bits per heavy atom. The third-order valence-electron chi connectivity index (χ3n) is 3.86. The lowest BCUT2D eigenvalue weighted by Gasteiger charge is -2.42. The second-order valence-corrected chi connectivity index (χ2v) is 7.57. The van der Waals surface area contributed by atoms with Crippen molar-refractivity contribution in [2.45, 2.75) is 46.1 Å². The summed E-state index contributed by atoms with van der Waals surface area (Å²) in [5, 5.41) is 20.1. The highest BCUT2D eigenvalue weighted by atomic mass is 32.1. The van der Waals surface area contributed by atoms with Crippen molar-refractivity contribution in [1.82, 2.24) is 15.1 Å². The largest absolute Gasteiger partial charge is 0.396 e. The van der Waals surface area contributed by atoms with Crippen molar-refractivity contribution in [1.29, 1.82) is 0 Å². The van der Waals surface area contributed by atoms with Crippen molar-refractivity contribution in [3.8, 4) is 0 Å². The van der Waals surface area contributed by atoms with Crippen molar-refractivity contribution < 1.29 is 5.11 Å². The van der Waals surface area contributed by atoms with E-state index in [0.717, 1.165) is 42.7 Å². The fourth-order valence-corrected chi connectivity index (χ4v) is 3.67. The number of piperazine rings is 1. The van der Waals surface area contributed by atoms with Gasteiger partial charge in [0.2, 0.25) is 5.13 Å². The van der Waals surface area contributed by atoms with Crippen molar-refractivity contribution >= 4 is 16.5 Å². The summed E-state index contributed by atoms with van der Waals surface area (Å²) < 4.78 is 0. The van der Waals surface area contributed by atoms with E-state index in [1.54, 1.807) is 11.3 Å². The summed E-state index contributed by atoms with van der Waals surface area (Å²) in [5.74, 6) is 1.10. The average Bonchev–Trinajstić information content (AvgIpc) is 2.90. The van der Waals surface area contributed by atoms with Crippen molar-refractivity contribution in [3.63, 3.8) is 0 Å². The Morgan fingerprint density at radius 3 is 2.57 bits per heavy atom. The van der Waals surface area contributed by atoms with Crippen molar-refractivity contribution in [2.75, 3.05) is 37.7 Å². The van der Waals surface area contributed by atoms with Crippen LogP contribution in [0, 0.1) is 5.92 Å². The smallest absolute Gasteiger partial charge is 0.208 e. The van der Waals surface area contributed by atoms with Gasteiger partial charge in [-0.25, -0.2) is 0 Å². The summed E-state index contributed by atoms with van der Waals surface area (Å²) in [6.07, 6.45) is 0.832. The molecule has 0 radical (unpaired) electrons. The van der Waals surface area contributed by atoms with E-state index in [9.17, 15) is 5.11 Å². The van der Waals surface area contributed by atoms with E-state index in [1.807, 2.05) is 0 Å². The number of hydrogen-bond donors (Lipinski definition) is 1. The third-order valence-corrected chi connectivity index (χ3v) is 5.15. The first-order chi connectivity index (χ1) is 10.0. The molecule has 6 heteroatoms. The topological polar surface area (TPSA) is 52.5 Å². The zero-order valence-corrected chi connectivity index (χ0v) is 14.4. The summed E-state index contributed by atoms with van der Waals surface area (Å²) in [6.45, 7) is 13.1. The molecule has 0 bridgehead atoms. The SMILES string of the molecule is CC(C)CN1CCN(c2nnc(C(C)C)s2)CC1CCO. The quantitative estimate of drug-likeness (QED) is 0.872. The molecule has 0 aromatic carbocycles. The minimum absolute atomic E-state index is 0.250. The van der Waals surface area contributed by atoms with Crippen LogP contribution in [-0.4, -0.2) is 59.0 Å². The molecule has 1 unspecified atom stereocenters. The number of aliphatic hydroxyl groups is 1. The van der Waals surface area contributed by atoms with Crippen LogP contribution in [0.1, 0.15) is 45.0 Å². The van der Waals surface area contributed by atoms with Gasteiger partial charge in [-0.2, -0.15) is 0 Å². The highest BCUT2D eigenvalue weighted by Crippen LogP contribution is 2.28. The van der Waals surface area contributed by atoms with Crippen LogP contribution in [0.3, 0.4) is 0 Å². The van der Waals surface area contributed by atoms with Crippen LogP contribution in [0.5, 0.6) is 0 Å². The minimum atomic E-state index is 0.250. The van der Waals surface area contributed by atoms with Gasteiger partial charge in [0.1, 0.15) is 5.01 Å². The first kappa shape index (κ1) is 16.6. The number of nitrogens with zero attached hydrogens (tertiary/aromatic N) is 4. The maximum atomic E-state index is 9.33. The molecular weight excluding hydrogens is 284 g/mol. The second-order valence-electron chi connectivity index (χ2n) is 6.58. The van der Waals surface area contributed by atoms with Gasteiger partial charge >= 0.3 is 0 Å². The predicted molar refractivity (Wildman–Crippen MR) is 88.1 cm³/mol. The normalized spacial score (nSPS) is 20.7. The molecule has 1 aliphatic rings. The summed E-state index contributed by atoms with van der Waals surface area (Å²) in [4.78, 5) is 4.85. The van der Waals surface area contributed by atoms with Gasteiger partial charge in [0.05, 0.1) is 0 Å². The van der Waals surface area contributed by atoms with Crippen LogP contribution in [-0.2, 0) is 0 Å². The molecule has 120 valence electrons. The van der Waals surface area contributed by atoms with Gasteiger partial charge < -0.3 is 10.0 Å². The zero-order valence-electron chi connectivity index (χ0n) is 13.6. The predicted octanol–water partition coefficient (Wildman–Crippen LogP) is 2.19. The Hall–Kier alpha value is -0.720. The van der Waals surface area contributed by atoms with E-state index >= 15 is 0 Å². The molecule has 2 heterocycles. The molecule has 21 heavy (non-hydrogen) atoms. The van der Waals surface area contributed by atoms with Crippen LogP contribution in [0.2, 0.25) is 0 Å². The molecular formula is C15H28N4OS. The van der Waals surface area contributed by atoms with Crippen molar-refractivity contribution in [3.05, 3.63) is 5.01 Å². The van der Waals surface area contributed by atoms with Gasteiger partial charge in [-0.1, -0.05) is 39.0 Å². The van der Waals surface area contributed by atoms with Gasteiger partial charge in [0, 0.05) is 44.7 Å². The molecule has 0 aliphatic carbocycles. The fourth-order valence-electron chi connectivity index (χ4n) is 2.79. The molecule has 1 saturated heterocycles. The number of aliphatic hydroxyl groups excluding tert-OH is 1. The maximum Gasteiger partial charge on any atom is 0.208 e. The lowest BCUT2D eigenvalue weighted by Crippen LogP contribution is -2.54. The van der Waals surface area contributed by atoms with E-state index in [0.29, 0.717) is 17.9 Å². The molecule has 1 N–H and O–H groups in total.